The quantitative estimate of drug-likeness (QED) is 0.744. The molecule has 24 heavy (non-hydrogen) atoms. The topological polar surface area (TPSA) is 102 Å². The number of piperidine rings is 1. The lowest BCUT2D eigenvalue weighted by molar-refractivity contribution is -0.148. The fourth-order valence-corrected chi connectivity index (χ4v) is 3.08. The van der Waals surface area contributed by atoms with Gasteiger partial charge >= 0.3 is 12.1 Å². The number of likely N-dealkylation sites (tertiary alicyclic amines) is 1. The first-order chi connectivity index (χ1) is 11.6. The molecule has 2 aliphatic heterocycles. The number of rotatable bonds is 4. The smallest absolute Gasteiger partial charge is 0.410 e. The molecule has 9 heteroatoms. The van der Waals surface area contributed by atoms with Crippen molar-refractivity contribution in [1.82, 2.24) is 15.0 Å². The van der Waals surface area contributed by atoms with E-state index in [-0.39, 0.29) is 30.9 Å². The molecule has 0 N–H and O–H groups in total. The van der Waals surface area contributed by atoms with Crippen molar-refractivity contribution in [3.63, 3.8) is 0 Å². The molecule has 0 aliphatic carbocycles. The fraction of sp³-hybridized carbons (Fsp3) is 0.600. The van der Waals surface area contributed by atoms with E-state index >= 15 is 0 Å². The molecule has 0 spiro atoms. The Bertz CT molecular complexity index is 609. The molecule has 2 saturated heterocycles. The average molecular weight is 337 g/mol. The van der Waals surface area contributed by atoms with E-state index in [9.17, 15) is 14.4 Å². The number of carbonyl (C=O) groups excluding carboxylic acids is 3. The molecule has 0 unspecified atom stereocenters. The first kappa shape index (κ1) is 16.3. The van der Waals surface area contributed by atoms with E-state index in [1.165, 1.54) is 17.2 Å². The molecule has 1 aromatic heterocycles. The second kappa shape index (κ2) is 6.90. The molecule has 0 radical (unpaired) electrons. The van der Waals surface area contributed by atoms with Gasteiger partial charge in [-0.25, -0.2) is 9.59 Å². The number of aromatic nitrogens is 1. The summed E-state index contributed by atoms with van der Waals surface area (Å²) in [6.07, 6.45) is 2.04. The van der Waals surface area contributed by atoms with Crippen molar-refractivity contribution in [3.05, 3.63) is 18.0 Å². The first-order valence-corrected chi connectivity index (χ1v) is 7.93. The summed E-state index contributed by atoms with van der Waals surface area (Å²) in [6.45, 7) is 2.90. The lowest BCUT2D eigenvalue weighted by Gasteiger charge is -2.36. The maximum Gasteiger partial charge on any atom is 0.410 e. The normalized spacial score (nSPS) is 21.7. The highest BCUT2D eigenvalue weighted by Crippen LogP contribution is 2.25. The van der Waals surface area contributed by atoms with Crippen molar-refractivity contribution < 1.29 is 28.4 Å². The minimum absolute atomic E-state index is 0.00881. The Morgan fingerprint density at radius 1 is 1.38 bits per heavy atom. The zero-order chi connectivity index (χ0) is 17.1. The molecule has 3 heterocycles. The first-order valence-electron chi connectivity index (χ1n) is 7.93. The summed E-state index contributed by atoms with van der Waals surface area (Å²) in [4.78, 5) is 39.3. The molecule has 1 aromatic rings. The number of hydrogen-bond donors (Lipinski definition) is 0. The Kier molecular flexibility index (Phi) is 4.68. The number of amides is 2. The molecule has 2 amide bonds. The molecule has 2 aliphatic rings. The van der Waals surface area contributed by atoms with Crippen LogP contribution in [0.4, 0.5) is 4.79 Å². The SMILES string of the molecule is CCOC(=O)[C@@H]1COC(=O)N1C1CCN(C(=O)c2ccno2)CC1. The maximum atomic E-state index is 12.2. The van der Waals surface area contributed by atoms with Crippen LogP contribution >= 0.6 is 0 Å². The van der Waals surface area contributed by atoms with E-state index < -0.39 is 18.1 Å². The summed E-state index contributed by atoms with van der Waals surface area (Å²) in [5.74, 6) is -0.487. The van der Waals surface area contributed by atoms with Crippen molar-refractivity contribution in [1.29, 1.82) is 0 Å². The van der Waals surface area contributed by atoms with E-state index in [1.54, 1.807) is 11.8 Å². The van der Waals surface area contributed by atoms with Crippen LogP contribution in [0, 0.1) is 0 Å². The lowest BCUT2D eigenvalue weighted by Crippen LogP contribution is -2.52. The molecule has 3 rings (SSSR count). The third kappa shape index (κ3) is 3.06. The molecule has 9 nitrogen and oxygen atoms in total. The Morgan fingerprint density at radius 3 is 2.75 bits per heavy atom. The van der Waals surface area contributed by atoms with Crippen LogP contribution < -0.4 is 0 Å². The number of esters is 1. The molecule has 0 aromatic carbocycles. The Labute approximate surface area is 138 Å². The number of cyclic esters (lactones) is 1. The standard InChI is InChI=1S/C15H19N3O6/c1-2-22-14(20)11-9-23-15(21)18(11)10-4-7-17(8-5-10)13(19)12-3-6-16-24-12/h3,6,10-11H,2,4-5,7-9H2,1H3/t11-/m0/s1. The minimum Gasteiger partial charge on any atom is -0.464 e. The van der Waals surface area contributed by atoms with Crippen LogP contribution in [0.1, 0.15) is 30.3 Å². The van der Waals surface area contributed by atoms with Crippen LogP contribution in [0.25, 0.3) is 0 Å². The summed E-state index contributed by atoms with van der Waals surface area (Å²) < 4.78 is 14.9. The number of ether oxygens (including phenoxy) is 2. The highest BCUT2D eigenvalue weighted by molar-refractivity contribution is 5.91. The summed E-state index contributed by atoms with van der Waals surface area (Å²) >= 11 is 0. The second-order valence-corrected chi connectivity index (χ2v) is 5.65. The van der Waals surface area contributed by atoms with Crippen LogP contribution in [-0.2, 0) is 14.3 Å². The van der Waals surface area contributed by atoms with Gasteiger partial charge in [0.2, 0.25) is 5.76 Å². The van der Waals surface area contributed by atoms with E-state index in [1.807, 2.05) is 0 Å². The molecule has 2 fully saturated rings. The van der Waals surface area contributed by atoms with Crippen molar-refractivity contribution in [2.75, 3.05) is 26.3 Å². The lowest BCUT2D eigenvalue weighted by atomic mass is 10.0. The third-order valence-electron chi connectivity index (χ3n) is 4.26. The van der Waals surface area contributed by atoms with Crippen molar-refractivity contribution in [2.24, 2.45) is 0 Å². The van der Waals surface area contributed by atoms with Gasteiger partial charge in [-0.2, -0.15) is 0 Å². The fourth-order valence-electron chi connectivity index (χ4n) is 3.08. The third-order valence-corrected chi connectivity index (χ3v) is 4.26. The van der Waals surface area contributed by atoms with Crippen molar-refractivity contribution in [2.45, 2.75) is 31.8 Å². The van der Waals surface area contributed by atoms with E-state index in [4.69, 9.17) is 14.0 Å². The van der Waals surface area contributed by atoms with Crippen LogP contribution in [0.2, 0.25) is 0 Å². The molecular weight excluding hydrogens is 318 g/mol. The second-order valence-electron chi connectivity index (χ2n) is 5.65. The predicted octanol–water partition coefficient (Wildman–Crippen LogP) is 0.663. The van der Waals surface area contributed by atoms with Gasteiger partial charge in [0.25, 0.3) is 5.91 Å². The summed E-state index contributed by atoms with van der Waals surface area (Å²) in [6, 6.07) is 0.649. The van der Waals surface area contributed by atoms with Crippen LogP contribution in [-0.4, -0.2) is 71.3 Å². The van der Waals surface area contributed by atoms with E-state index in [0.717, 1.165) is 0 Å². The van der Waals surface area contributed by atoms with Gasteiger partial charge in [0.15, 0.2) is 6.04 Å². The highest BCUT2D eigenvalue weighted by Gasteiger charge is 2.44. The van der Waals surface area contributed by atoms with E-state index in [2.05, 4.69) is 5.16 Å². The molecule has 130 valence electrons. The molecule has 0 bridgehead atoms. The van der Waals surface area contributed by atoms with Crippen molar-refractivity contribution in [3.8, 4) is 0 Å². The van der Waals surface area contributed by atoms with Gasteiger partial charge in [0, 0.05) is 25.2 Å². The summed E-state index contributed by atoms with van der Waals surface area (Å²) in [5.41, 5.74) is 0. The van der Waals surface area contributed by atoms with E-state index in [0.29, 0.717) is 25.9 Å². The summed E-state index contributed by atoms with van der Waals surface area (Å²) in [7, 11) is 0. The van der Waals surface area contributed by atoms with Crippen LogP contribution in [0.15, 0.2) is 16.8 Å². The molecule has 1 atom stereocenters. The van der Waals surface area contributed by atoms with Gasteiger partial charge in [0.1, 0.15) is 6.61 Å². The average Bonchev–Trinajstić information content (AvgIpc) is 3.24. The highest BCUT2D eigenvalue weighted by atomic mass is 16.6. The molecular formula is C15H19N3O6. The zero-order valence-corrected chi connectivity index (χ0v) is 13.3. The van der Waals surface area contributed by atoms with Gasteiger partial charge in [-0.05, 0) is 19.8 Å². The minimum atomic E-state index is -0.709. The monoisotopic (exact) mass is 337 g/mol. The van der Waals surface area contributed by atoms with Gasteiger partial charge in [0.05, 0.1) is 12.8 Å². The molecule has 0 saturated carbocycles. The van der Waals surface area contributed by atoms with Crippen LogP contribution in [0.5, 0.6) is 0 Å². The number of carbonyl (C=O) groups is 3. The van der Waals surface area contributed by atoms with Crippen LogP contribution in [0.3, 0.4) is 0 Å². The Balaban J connectivity index is 1.62. The van der Waals surface area contributed by atoms with Gasteiger partial charge in [-0.3, -0.25) is 9.69 Å². The van der Waals surface area contributed by atoms with Crippen molar-refractivity contribution >= 4 is 18.0 Å². The maximum absolute atomic E-state index is 12.2. The van der Waals surface area contributed by atoms with Gasteiger partial charge in [-0.1, -0.05) is 5.16 Å². The largest absolute Gasteiger partial charge is 0.464 e. The Hall–Kier alpha value is -2.58. The number of nitrogens with zero attached hydrogens (tertiary/aromatic N) is 3. The van der Waals surface area contributed by atoms with Gasteiger partial charge in [-0.15, -0.1) is 0 Å². The summed E-state index contributed by atoms with van der Waals surface area (Å²) in [5, 5.41) is 3.53. The number of hydrogen-bond acceptors (Lipinski definition) is 7. The Morgan fingerprint density at radius 2 is 2.12 bits per heavy atom. The van der Waals surface area contributed by atoms with Gasteiger partial charge < -0.3 is 18.9 Å². The predicted molar refractivity (Wildman–Crippen MR) is 79.0 cm³/mol. The zero-order valence-electron chi connectivity index (χ0n) is 13.3.